The lowest BCUT2D eigenvalue weighted by Crippen LogP contribution is -2.57. The molecule has 0 saturated carbocycles. The van der Waals surface area contributed by atoms with Crippen molar-refractivity contribution in [3.8, 4) is 6.07 Å². The van der Waals surface area contributed by atoms with Crippen molar-refractivity contribution in [1.82, 2.24) is 5.32 Å². The second kappa shape index (κ2) is 12.1. The van der Waals surface area contributed by atoms with Crippen LogP contribution in [-0.4, -0.2) is 35.1 Å². The molecule has 9 heteroatoms. The van der Waals surface area contributed by atoms with E-state index in [0.717, 1.165) is 18.4 Å². The molecule has 0 fully saturated rings. The molecule has 2 unspecified atom stereocenters. The minimum absolute atomic E-state index is 0.125. The Hall–Kier alpha value is -3.48. The van der Waals surface area contributed by atoms with Gasteiger partial charge in [-0.2, -0.15) is 5.26 Å². The van der Waals surface area contributed by atoms with E-state index in [1.807, 2.05) is 48.5 Å². The van der Waals surface area contributed by atoms with Crippen molar-refractivity contribution in [3.63, 3.8) is 0 Å². The Kier molecular flexibility index (Phi) is 8.96. The number of rotatable bonds is 12. The van der Waals surface area contributed by atoms with Crippen LogP contribution in [0.3, 0.4) is 0 Å². The van der Waals surface area contributed by atoms with E-state index in [4.69, 9.17) is 10.5 Å². The molecule has 1 heterocycles. The van der Waals surface area contributed by atoms with Gasteiger partial charge in [0, 0.05) is 17.5 Å². The number of nitriles is 1. The first-order valence-electron chi connectivity index (χ1n) is 11.4. The number of nitrogens with one attached hydrogen (secondary N) is 1. The first-order chi connectivity index (χ1) is 16.4. The molecule has 0 saturated heterocycles. The zero-order valence-corrected chi connectivity index (χ0v) is 19.7. The van der Waals surface area contributed by atoms with Crippen LogP contribution in [0, 0.1) is 17.2 Å². The Morgan fingerprint density at radius 1 is 1.18 bits per heavy atom. The standard InChI is InChI=1S/C25H31N7O2/c1-25(2,27)24(33)28-22(18-34-17-20-11-7-4-8-12-20)32-23(29-30-31-32)21(15-16-26)14-13-19-9-5-3-6-10-19/h3-12,21-23H,13-15,17-18,27H2,1-2H3/p+1/t21?,22-,23?/m0/s1. The van der Waals surface area contributed by atoms with Gasteiger partial charge in [0.25, 0.3) is 6.17 Å². The molecule has 1 aliphatic rings. The highest BCUT2D eigenvalue weighted by atomic mass is 16.5. The third kappa shape index (κ3) is 7.27. The van der Waals surface area contributed by atoms with E-state index in [1.165, 1.54) is 5.56 Å². The quantitative estimate of drug-likeness (QED) is 0.466. The predicted molar refractivity (Wildman–Crippen MR) is 126 cm³/mol. The van der Waals surface area contributed by atoms with Gasteiger partial charge in [0.15, 0.2) is 5.22 Å². The topological polar surface area (TPSA) is 128 Å². The average Bonchev–Trinajstić information content (AvgIpc) is 3.31. The maximum absolute atomic E-state index is 12.7. The first kappa shape index (κ1) is 25.1. The molecule has 3 atom stereocenters. The molecule has 1 aliphatic heterocycles. The lowest BCUT2D eigenvalue weighted by atomic mass is 9.94. The van der Waals surface area contributed by atoms with E-state index in [1.54, 1.807) is 18.5 Å². The van der Waals surface area contributed by atoms with Gasteiger partial charge in [0.05, 0.1) is 18.2 Å². The molecule has 0 spiro atoms. The third-order valence-corrected chi connectivity index (χ3v) is 5.60. The van der Waals surface area contributed by atoms with E-state index in [-0.39, 0.29) is 24.9 Å². The van der Waals surface area contributed by atoms with E-state index < -0.39 is 17.9 Å². The molecule has 34 heavy (non-hydrogen) atoms. The van der Waals surface area contributed by atoms with Gasteiger partial charge in [-0.1, -0.05) is 60.7 Å². The molecule has 2 aromatic rings. The van der Waals surface area contributed by atoms with E-state index in [2.05, 4.69) is 39.1 Å². The van der Waals surface area contributed by atoms with Gasteiger partial charge in [-0.05, 0) is 37.8 Å². The average molecular weight is 463 g/mol. The fourth-order valence-corrected chi connectivity index (χ4v) is 3.64. The summed E-state index contributed by atoms with van der Waals surface area (Å²) in [4.78, 5) is 12.7. The molecule has 0 aliphatic carbocycles. The summed E-state index contributed by atoms with van der Waals surface area (Å²) in [6, 6.07) is 22.1. The van der Waals surface area contributed by atoms with Gasteiger partial charge in [0.1, 0.15) is 6.61 Å². The lowest BCUT2D eigenvalue weighted by Gasteiger charge is -2.25. The highest BCUT2D eigenvalue weighted by Gasteiger charge is 2.41. The van der Waals surface area contributed by atoms with Crippen molar-refractivity contribution in [2.45, 2.75) is 57.6 Å². The largest absolute Gasteiger partial charge is 0.370 e. The van der Waals surface area contributed by atoms with Crippen LogP contribution in [0.25, 0.3) is 0 Å². The smallest absolute Gasteiger partial charge is 0.259 e. The summed E-state index contributed by atoms with van der Waals surface area (Å²) in [7, 11) is 0. The fourth-order valence-electron chi connectivity index (χ4n) is 3.64. The van der Waals surface area contributed by atoms with Crippen molar-refractivity contribution in [1.29, 1.82) is 5.26 Å². The van der Waals surface area contributed by atoms with Crippen LogP contribution in [0.2, 0.25) is 0 Å². The number of carbonyl (C=O) groups excluding carboxylic acids is 1. The number of benzene rings is 2. The Morgan fingerprint density at radius 3 is 2.44 bits per heavy atom. The van der Waals surface area contributed by atoms with Crippen LogP contribution in [0.1, 0.15) is 37.8 Å². The van der Waals surface area contributed by atoms with Gasteiger partial charge in [0.2, 0.25) is 17.3 Å². The lowest BCUT2D eigenvalue weighted by molar-refractivity contribution is -0.663. The molecule has 178 valence electrons. The van der Waals surface area contributed by atoms with Gasteiger partial charge in [-0.3, -0.25) is 4.79 Å². The second-order valence-electron chi connectivity index (χ2n) is 8.95. The maximum atomic E-state index is 12.7. The number of nitrogens with zero attached hydrogens (tertiary/aromatic N) is 5. The predicted octanol–water partition coefficient (Wildman–Crippen LogP) is 3.72. The van der Waals surface area contributed by atoms with Crippen molar-refractivity contribution >= 4 is 5.91 Å². The summed E-state index contributed by atoms with van der Waals surface area (Å²) < 4.78 is 7.55. The molecule has 3 N–H and O–H groups in total. The molecule has 2 aromatic carbocycles. The summed E-state index contributed by atoms with van der Waals surface area (Å²) in [6.45, 7) is 3.80. The van der Waals surface area contributed by atoms with E-state index >= 15 is 0 Å². The van der Waals surface area contributed by atoms with Gasteiger partial charge >= 0.3 is 0 Å². The zero-order valence-electron chi connectivity index (χ0n) is 19.7. The molecular formula is C25H32N7O2+. The molecular weight excluding hydrogens is 430 g/mol. The Morgan fingerprint density at radius 2 is 1.82 bits per heavy atom. The normalized spacial score (nSPS) is 17.0. The Bertz CT molecular complexity index is 1030. The van der Waals surface area contributed by atoms with Crippen LogP contribution >= 0.6 is 0 Å². The Labute approximate surface area is 200 Å². The molecule has 3 rings (SSSR count). The van der Waals surface area contributed by atoms with Crippen molar-refractivity contribution in [2.24, 2.45) is 27.2 Å². The first-order valence-corrected chi connectivity index (χ1v) is 11.4. The SMILES string of the molecule is CC(C)(N)C(=O)N[C@H](COCc1ccccc1)[N+]1=NN=NC1C(CC#N)CCc1ccccc1. The minimum Gasteiger partial charge on any atom is -0.370 e. The van der Waals surface area contributed by atoms with Crippen LogP contribution in [0.5, 0.6) is 0 Å². The maximum Gasteiger partial charge on any atom is 0.259 e. The monoisotopic (exact) mass is 462 g/mol. The molecule has 1 amide bonds. The number of aryl methyl sites for hydroxylation is 1. The molecule has 0 bridgehead atoms. The number of amides is 1. The highest BCUT2D eigenvalue weighted by molar-refractivity contribution is 5.85. The summed E-state index contributed by atoms with van der Waals surface area (Å²) in [5.74, 6) is -0.470. The summed E-state index contributed by atoms with van der Waals surface area (Å²) in [6.07, 6.45) is 0.675. The number of carbonyl (C=O) groups is 1. The van der Waals surface area contributed by atoms with Crippen LogP contribution in [0.15, 0.2) is 76.2 Å². The zero-order chi connectivity index (χ0) is 24.4. The molecule has 0 aromatic heterocycles. The highest BCUT2D eigenvalue weighted by Crippen LogP contribution is 2.25. The number of hydrogen-bond donors (Lipinski definition) is 2. The number of hydrogen-bond acceptors (Lipinski definition) is 7. The summed E-state index contributed by atoms with van der Waals surface area (Å²) in [5.41, 5.74) is 7.13. The van der Waals surface area contributed by atoms with Crippen molar-refractivity contribution in [2.75, 3.05) is 6.61 Å². The van der Waals surface area contributed by atoms with Crippen molar-refractivity contribution in [3.05, 3.63) is 71.8 Å². The van der Waals surface area contributed by atoms with Crippen molar-refractivity contribution < 1.29 is 14.2 Å². The Balaban J connectivity index is 1.73. The fraction of sp³-hybridized carbons (Fsp3) is 0.440. The minimum atomic E-state index is -1.08. The number of ether oxygens (including phenoxy) is 1. The van der Waals surface area contributed by atoms with Crippen LogP contribution < -0.4 is 11.1 Å². The van der Waals surface area contributed by atoms with E-state index in [9.17, 15) is 10.1 Å². The summed E-state index contributed by atoms with van der Waals surface area (Å²) in [5, 5.41) is 24.8. The van der Waals surface area contributed by atoms with E-state index in [0.29, 0.717) is 6.61 Å². The van der Waals surface area contributed by atoms with Gasteiger partial charge < -0.3 is 15.8 Å². The van der Waals surface area contributed by atoms with Crippen LogP contribution in [-0.2, 0) is 22.6 Å². The summed E-state index contributed by atoms with van der Waals surface area (Å²) >= 11 is 0. The van der Waals surface area contributed by atoms with Gasteiger partial charge in [-0.25, -0.2) is 0 Å². The third-order valence-electron chi connectivity index (χ3n) is 5.60. The van der Waals surface area contributed by atoms with Gasteiger partial charge in [-0.15, -0.1) is 4.70 Å². The molecule has 0 radical (unpaired) electrons. The molecule has 9 nitrogen and oxygen atoms in total. The second-order valence-corrected chi connectivity index (χ2v) is 8.95. The number of nitrogens with two attached hydrogens (primary N) is 1. The van der Waals surface area contributed by atoms with Crippen LogP contribution in [0.4, 0.5) is 0 Å².